The molecule has 0 bridgehead atoms. The molecule has 17 heavy (non-hydrogen) atoms. The third-order valence-electron chi connectivity index (χ3n) is 2.93. The first kappa shape index (κ1) is 16.4. The zero-order valence-corrected chi connectivity index (χ0v) is 12.0. The van der Waals surface area contributed by atoms with E-state index in [1.807, 2.05) is 20.8 Å². The van der Waals surface area contributed by atoms with Gasteiger partial charge in [-0.2, -0.15) is 0 Å². The Morgan fingerprint density at radius 2 is 1.65 bits per heavy atom. The molecule has 0 heterocycles. The van der Waals surface area contributed by atoms with Gasteiger partial charge in [0.2, 0.25) is 0 Å². The van der Waals surface area contributed by atoms with E-state index in [9.17, 15) is 9.90 Å². The highest BCUT2D eigenvalue weighted by atomic mass is 16.5. The van der Waals surface area contributed by atoms with Gasteiger partial charge in [-0.1, -0.05) is 40.5 Å². The van der Waals surface area contributed by atoms with Crippen LogP contribution in [0.15, 0.2) is 0 Å². The van der Waals surface area contributed by atoms with Crippen LogP contribution in [0.25, 0.3) is 0 Å². The van der Waals surface area contributed by atoms with Crippen molar-refractivity contribution in [3.05, 3.63) is 0 Å². The molecule has 0 radical (unpaired) electrons. The fourth-order valence-electron chi connectivity index (χ4n) is 2.41. The first-order valence-electron chi connectivity index (χ1n) is 6.79. The average molecular weight is 244 g/mol. The van der Waals surface area contributed by atoms with Gasteiger partial charge in [-0.05, 0) is 32.1 Å². The van der Waals surface area contributed by atoms with E-state index in [-0.39, 0.29) is 6.10 Å². The van der Waals surface area contributed by atoms with Gasteiger partial charge in [-0.3, -0.25) is 0 Å². The normalized spacial score (nSPS) is 14.0. The molecule has 0 aliphatic heterocycles. The van der Waals surface area contributed by atoms with E-state index >= 15 is 0 Å². The van der Waals surface area contributed by atoms with Crippen LogP contribution in [0.1, 0.15) is 66.7 Å². The molecule has 0 saturated carbocycles. The summed E-state index contributed by atoms with van der Waals surface area (Å²) < 4.78 is 5.89. The van der Waals surface area contributed by atoms with Crippen molar-refractivity contribution in [2.24, 2.45) is 5.92 Å². The van der Waals surface area contributed by atoms with Crippen molar-refractivity contribution >= 4 is 5.97 Å². The number of rotatable bonds is 9. The van der Waals surface area contributed by atoms with Crippen LogP contribution in [0.5, 0.6) is 0 Å². The fourth-order valence-corrected chi connectivity index (χ4v) is 2.41. The quantitative estimate of drug-likeness (QED) is 0.670. The molecule has 0 spiro atoms. The molecule has 3 heteroatoms. The number of hydrogen-bond donors (Lipinski definition) is 1. The molecule has 0 aromatic carbocycles. The van der Waals surface area contributed by atoms with Crippen molar-refractivity contribution in [3.8, 4) is 0 Å². The van der Waals surface area contributed by atoms with E-state index in [0.29, 0.717) is 18.8 Å². The van der Waals surface area contributed by atoms with Gasteiger partial charge in [0.15, 0.2) is 5.60 Å². The Hall–Kier alpha value is -0.570. The third kappa shape index (κ3) is 5.53. The molecule has 0 aliphatic carbocycles. The first-order chi connectivity index (χ1) is 7.88. The molecule has 0 rings (SSSR count). The maximum atomic E-state index is 11.5. The Labute approximate surface area is 106 Å². The first-order valence-corrected chi connectivity index (χ1v) is 6.79. The molecule has 1 unspecified atom stereocenters. The zero-order valence-electron chi connectivity index (χ0n) is 12.0. The van der Waals surface area contributed by atoms with E-state index in [1.54, 1.807) is 0 Å². The molecular formula is C14H28O3. The molecule has 0 aliphatic rings. The second-order valence-corrected chi connectivity index (χ2v) is 5.36. The summed E-state index contributed by atoms with van der Waals surface area (Å²) in [6, 6.07) is 0. The molecule has 0 aromatic heterocycles. The van der Waals surface area contributed by atoms with Crippen LogP contribution >= 0.6 is 0 Å². The summed E-state index contributed by atoms with van der Waals surface area (Å²) >= 11 is 0. The molecule has 0 saturated heterocycles. The fraction of sp³-hybridized carbons (Fsp3) is 0.929. The molecule has 1 N–H and O–H groups in total. The van der Waals surface area contributed by atoms with Gasteiger partial charge < -0.3 is 9.84 Å². The number of carboxylic acids is 1. The minimum absolute atomic E-state index is 0.00389. The van der Waals surface area contributed by atoms with E-state index in [2.05, 4.69) is 13.8 Å². The lowest BCUT2D eigenvalue weighted by atomic mass is 9.91. The number of carbonyl (C=O) groups is 1. The Kier molecular flexibility index (Phi) is 7.44. The smallest absolute Gasteiger partial charge is 0.335 e. The van der Waals surface area contributed by atoms with Gasteiger partial charge in [0, 0.05) is 0 Å². The number of aliphatic carboxylic acids is 1. The van der Waals surface area contributed by atoms with Crippen molar-refractivity contribution in [3.63, 3.8) is 0 Å². The second-order valence-electron chi connectivity index (χ2n) is 5.36. The maximum absolute atomic E-state index is 11.5. The summed E-state index contributed by atoms with van der Waals surface area (Å²) in [5, 5.41) is 9.44. The lowest BCUT2D eigenvalue weighted by molar-refractivity contribution is -0.177. The number of carboxylic acid groups (broad SMARTS) is 1. The monoisotopic (exact) mass is 244 g/mol. The van der Waals surface area contributed by atoms with Gasteiger partial charge in [-0.15, -0.1) is 0 Å². The molecule has 1 atom stereocenters. The molecule has 0 aromatic rings. The standard InChI is InChI=1S/C14H28O3/c1-6-8-14(9-7-2,13(15)16)17-12(5)10-11(3)4/h11-12H,6-10H2,1-5H3,(H,15,16). The summed E-state index contributed by atoms with van der Waals surface area (Å²) in [6.07, 6.45) is 3.77. The molecule has 0 fully saturated rings. The Balaban J connectivity index is 4.70. The summed E-state index contributed by atoms with van der Waals surface area (Å²) in [5.41, 5.74) is -0.974. The highest BCUT2D eigenvalue weighted by Gasteiger charge is 2.39. The predicted molar refractivity (Wildman–Crippen MR) is 70.2 cm³/mol. The van der Waals surface area contributed by atoms with Crippen molar-refractivity contribution in [2.45, 2.75) is 78.4 Å². The van der Waals surface area contributed by atoms with E-state index in [0.717, 1.165) is 19.3 Å². The lowest BCUT2D eigenvalue weighted by Gasteiger charge is -2.33. The van der Waals surface area contributed by atoms with Crippen molar-refractivity contribution in [2.75, 3.05) is 0 Å². The minimum Gasteiger partial charge on any atom is -0.479 e. The van der Waals surface area contributed by atoms with Gasteiger partial charge in [-0.25, -0.2) is 4.79 Å². The predicted octanol–water partition coefficient (Wildman–Crippen LogP) is 3.86. The summed E-state index contributed by atoms with van der Waals surface area (Å²) in [4.78, 5) is 11.5. The maximum Gasteiger partial charge on any atom is 0.335 e. The zero-order chi connectivity index (χ0) is 13.5. The summed E-state index contributed by atoms with van der Waals surface area (Å²) in [6.45, 7) is 10.2. The van der Waals surface area contributed by atoms with E-state index in [1.165, 1.54) is 0 Å². The Morgan fingerprint density at radius 3 is 1.94 bits per heavy atom. The topological polar surface area (TPSA) is 46.5 Å². The number of ether oxygens (including phenoxy) is 1. The highest BCUT2D eigenvalue weighted by molar-refractivity contribution is 5.77. The SMILES string of the molecule is CCCC(CCC)(OC(C)CC(C)C)C(=O)O. The van der Waals surface area contributed by atoms with Crippen LogP contribution in [0, 0.1) is 5.92 Å². The second kappa shape index (κ2) is 7.70. The molecule has 0 amide bonds. The van der Waals surface area contributed by atoms with Crippen LogP contribution in [0.2, 0.25) is 0 Å². The third-order valence-corrected chi connectivity index (χ3v) is 2.93. The van der Waals surface area contributed by atoms with Gasteiger partial charge >= 0.3 is 5.97 Å². The van der Waals surface area contributed by atoms with Crippen molar-refractivity contribution in [1.82, 2.24) is 0 Å². The Bertz CT molecular complexity index is 218. The van der Waals surface area contributed by atoms with Gasteiger partial charge in [0.1, 0.15) is 0 Å². The number of hydrogen-bond acceptors (Lipinski definition) is 2. The van der Waals surface area contributed by atoms with Crippen LogP contribution in [-0.4, -0.2) is 22.8 Å². The summed E-state index contributed by atoms with van der Waals surface area (Å²) in [7, 11) is 0. The largest absolute Gasteiger partial charge is 0.479 e. The molecule has 3 nitrogen and oxygen atoms in total. The van der Waals surface area contributed by atoms with E-state index < -0.39 is 11.6 Å². The lowest BCUT2D eigenvalue weighted by Crippen LogP contribution is -2.44. The Morgan fingerprint density at radius 1 is 1.18 bits per heavy atom. The highest BCUT2D eigenvalue weighted by Crippen LogP contribution is 2.28. The van der Waals surface area contributed by atoms with E-state index in [4.69, 9.17) is 4.74 Å². The molecule has 102 valence electrons. The van der Waals surface area contributed by atoms with Crippen molar-refractivity contribution in [1.29, 1.82) is 0 Å². The van der Waals surface area contributed by atoms with Crippen molar-refractivity contribution < 1.29 is 14.6 Å². The molecular weight excluding hydrogens is 216 g/mol. The average Bonchev–Trinajstić information content (AvgIpc) is 2.16. The summed E-state index contributed by atoms with van der Waals surface area (Å²) in [5.74, 6) is -0.281. The van der Waals surface area contributed by atoms with Gasteiger partial charge in [0.25, 0.3) is 0 Å². The van der Waals surface area contributed by atoms with Crippen LogP contribution < -0.4 is 0 Å². The minimum atomic E-state index is -0.974. The van der Waals surface area contributed by atoms with Crippen LogP contribution in [-0.2, 0) is 9.53 Å². The van der Waals surface area contributed by atoms with Crippen LogP contribution in [0.4, 0.5) is 0 Å². The van der Waals surface area contributed by atoms with Gasteiger partial charge in [0.05, 0.1) is 6.10 Å². The van der Waals surface area contributed by atoms with Crippen LogP contribution in [0.3, 0.4) is 0 Å².